The molecular weight excluding hydrogens is 106 g/mol. The molecule has 0 saturated heterocycles. The topological polar surface area (TPSA) is 53.2 Å². The van der Waals surface area contributed by atoms with Crippen LogP contribution in [-0.2, 0) is 4.74 Å². The zero-order valence-corrected chi connectivity index (χ0v) is 4.96. The molecule has 0 heterocycles. The third-order valence-corrected chi connectivity index (χ3v) is 0.949. The zero-order chi connectivity index (χ0) is 6.57. The van der Waals surface area contributed by atoms with Crippen LogP contribution in [0.25, 0.3) is 0 Å². The minimum atomic E-state index is -1.00. The number of hydrogen-bond donors (Lipinski definition) is 1. The fourth-order valence-corrected chi connectivity index (χ4v) is 0.234. The first-order chi connectivity index (χ1) is 3.72. The Balaban J connectivity index is 3.49. The first-order valence-corrected chi connectivity index (χ1v) is 2.33. The van der Waals surface area contributed by atoms with Gasteiger partial charge >= 0.3 is 0 Å². The third-order valence-electron chi connectivity index (χ3n) is 0.949. The number of nitriles is 1. The lowest BCUT2D eigenvalue weighted by Gasteiger charge is -2.08. The molecule has 0 fully saturated rings. The molecule has 46 valence electrons. The summed E-state index contributed by atoms with van der Waals surface area (Å²) in [4.78, 5) is 0. The van der Waals surface area contributed by atoms with Crippen LogP contribution in [0.2, 0.25) is 0 Å². The van der Waals surface area contributed by atoms with E-state index in [1.165, 1.54) is 7.11 Å². The van der Waals surface area contributed by atoms with Crippen LogP contribution in [0.4, 0.5) is 0 Å². The van der Waals surface area contributed by atoms with E-state index >= 15 is 0 Å². The van der Waals surface area contributed by atoms with Crippen LogP contribution < -0.4 is 0 Å². The molecule has 0 saturated carbocycles. The van der Waals surface area contributed by atoms with E-state index in [-0.39, 0.29) is 6.10 Å². The Kier molecular flexibility index (Phi) is 3.16. The van der Waals surface area contributed by atoms with Crippen molar-refractivity contribution in [2.24, 2.45) is 0 Å². The van der Waals surface area contributed by atoms with Gasteiger partial charge in [0.05, 0.1) is 12.2 Å². The molecule has 0 amide bonds. The maximum absolute atomic E-state index is 8.64. The standard InChI is InChI=1S/C5H9NO2/c1-4(8-2)5(7)3-6/h4-5,7H,1-2H3. The van der Waals surface area contributed by atoms with Crippen LogP contribution in [0, 0.1) is 11.3 Å². The molecule has 1 N–H and O–H groups in total. The normalized spacial score (nSPS) is 16.8. The SMILES string of the molecule is COC(C)C(O)C#N. The van der Waals surface area contributed by atoms with E-state index in [1.54, 1.807) is 13.0 Å². The second-order valence-corrected chi connectivity index (χ2v) is 1.51. The predicted molar refractivity (Wildman–Crippen MR) is 28.1 cm³/mol. The highest BCUT2D eigenvalue weighted by Crippen LogP contribution is 1.93. The molecule has 0 aliphatic carbocycles. The van der Waals surface area contributed by atoms with E-state index in [4.69, 9.17) is 10.4 Å². The number of hydrogen-bond acceptors (Lipinski definition) is 3. The summed E-state index contributed by atoms with van der Waals surface area (Å²) in [5.74, 6) is 0. The number of methoxy groups -OCH3 is 1. The number of ether oxygens (including phenoxy) is 1. The summed E-state index contributed by atoms with van der Waals surface area (Å²) in [7, 11) is 1.45. The van der Waals surface area contributed by atoms with Gasteiger partial charge in [0.15, 0.2) is 6.10 Å². The first-order valence-electron chi connectivity index (χ1n) is 2.33. The van der Waals surface area contributed by atoms with Crippen molar-refractivity contribution in [1.82, 2.24) is 0 Å². The maximum Gasteiger partial charge on any atom is 0.166 e. The van der Waals surface area contributed by atoms with E-state index in [0.29, 0.717) is 0 Å². The Morgan fingerprint density at radius 2 is 2.25 bits per heavy atom. The van der Waals surface area contributed by atoms with Gasteiger partial charge in [-0.1, -0.05) is 0 Å². The van der Waals surface area contributed by atoms with Crippen molar-refractivity contribution in [2.45, 2.75) is 19.1 Å². The summed E-state index contributed by atoms with van der Waals surface area (Å²) >= 11 is 0. The molecule has 2 atom stereocenters. The van der Waals surface area contributed by atoms with Gasteiger partial charge in [0.1, 0.15) is 0 Å². The van der Waals surface area contributed by atoms with E-state index < -0.39 is 6.10 Å². The van der Waals surface area contributed by atoms with Crippen LogP contribution in [-0.4, -0.2) is 24.4 Å². The summed E-state index contributed by atoms with van der Waals surface area (Å²) < 4.78 is 4.63. The Bertz CT molecular complexity index is 97.1. The van der Waals surface area contributed by atoms with E-state index in [0.717, 1.165) is 0 Å². The van der Waals surface area contributed by atoms with Crippen molar-refractivity contribution >= 4 is 0 Å². The summed E-state index contributed by atoms with van der Waals surface area (Å²) in [5, 5.41) is 16.7. The molecule has 0 rings (SSSR count). The van der Waals surface area contributed by atoms with Crippen LogP contribution in [0.3, 0.4) is 0 Å². The van der Waals surface area contributed by atoms with Crippen molar-refractivity contribution < 1.29 is 9.84 Å². The number of nitrogens with zero attached hydrogens (tertiary/aromatic N) is 1. The van der Waals surface area contributed by atoms with Crippen LogP contribution in [0.15, 0.2) is 0 Å². The monoisotopic (exact) mass is 115 g/mol. The highest BCUT2D eigenvalue weighted by atomic mass is 16.5. The summed E-state index contributed by atoms with van der Waals surface area (Å²) in [6, 6.07) is 1.65. The fourth-order valence-electron chi connectivity index (χ4n) is 0.234. The molecule has 0 aliphatic rings. The van der Waals surface area contributed by atoms with Gasteiger partial charge in [-0.2, -0.15) is 5.26 Å². The highest BCUT2D eigenvalue weighted by molar-refractivity contribution is 4.86. The molecule has 2 unspecified atom stereocenters. The summed E-state index contributed by atoms with van der Waals surface area (Å²) in [6.45, 7) is 1.63. The molecule has 3 heteroatoms. The number of aliphatic hydroxyl groups excluding tert-OH is 1. The fraction of sp³-hybridized carbons (Fsp3) is 0.800. The molecule has 0 radical (unpaired) electrons. The maximum atomic E-state index is 8.64. The lowest BCUT2D eigenvalue weighted by atomic mass is 10.2. The van der Waals surface area contributed by atoms with Gasteiger partial charge in [-0.15, -0.1) is 0 Å². The Morgan fingerprint density at radius 3 is 2.38 bits per heavy atom. The van der Waals surface area contributed by atoms with E-state index in [1.807, 2.05) is 0 Å². The van der Waals surface area contributed by atoms with Gasteiger partial charge in [-0.05, 0) is 6.92 Å². The molecule has 0 aliphatic heterocycles. The molecule has 0 spiro atoms. The predicted octanol–water partition coefficient (Wildman–Crippen LogP) is -0.0942. The Morgan fingerprint density at radius 1 is 1.75 bits per heavy atom. The molecule has 3 nitrogen and oxygen atoms in total. The molecule has 0 aromatic carbocycles. The minimum absolute atomic E-state index is 0.389. The van der Waals surface area contributed by atoms with E-state index in [2.05, 4.69) is 4.74 Å². The van der Waals surface area contributed by atoms with Gasteiger partial charge in [0.25, 0.3) is 0 Å². The average molecular weight is 115 g/mol. The highest BCUT2D eigenvalue weighted by Gasteiger charge is 2.09. The van der Waals surface area contributed by atoms with Crippen molar-refractivity contribution in [3.8, 4) is 6.07 Å². The first kappa shape index (κ1) is 7.41. The van der Waals surface area contributed by atoms with Gasteiger partial charge in [-0.25, -0.2) is 0 Å². The van der Waals surface area contributed by atoms with Crippen molar-refractivity contribution in [1.29, 1.82) is 5.26 Å². The van der Waals surface area contributed by atoms with E-state index in [9.17, 15) is 0 Å². The van der Waals surface area contributed by atoms with Crippen LogP contribution in [0.5, 0.6) is 0 Å². The number of rotatable bonds is 2. The second kappa shape index (κ2) is 3.42. The quantitative estimate of drug-likeness (QED) is 0.511. The van der Waals surface area contributed by atoms with Gasteiger partial charge in [-0.3, -0.25) is 0 Å². The summed E-state index contributed by atoms with van der Waals surface area (Å²) in [6.07, 6.45) is -1.39. The van der Waals surface area contributed by atoms with Crippen molar-refractivity contribution in [2.75, 3.05) is 7.11 Å². The second-order valence-electron chi connectivity index (χ2n) is 1.51. The lowest BCUT2D eigenvalue weighted by molar-refractivity contribution is 0.0282. The molecule has 0 aromatic heterocycles. The Hall–Kier alpha value is -0.590. The van der Waals surface area contributed by atoms with Crippen molar-refractivity contribution in [3.63, 3.8) is 0 Å². The average Bonchev–Trinajstić information content (AvgIpc) is 1.84. The number of aliphatic hydroxyl groups is 1. The molecular formula is C5H9NO2. The van der Waals surface area contributed by atoms with Gasteiger partial charge < -0.3 is 9.84 Å². The zero-order valence-electron chi connectivity index (χ0n) is 4.96. The Labute approximate surface area is 48.5 Å². The molecule has 0 bridgehead atoms. The molecule has 8 heavy (non-hydrogen) atoms. The van der Waals surface area contributed by atoms with Gasteiger partial charge in [0.2, 0.25) is 0 Å². The largest absolute Gasteiger partial charge is 0.378 e. The lowest BCUT2D eigenvalue weighted by Crippen LogP contribution is -2.22. The summed E-state index contributed by atoms with van der Waals surface area (Å²) in [5.41, 5.74) is 0. The van der Waals surface area contributed by atoms with Crippen LogP contribution >= 0.6 is 0 Å². The molecule has 0 aromatic rings. The third kappa shape index (κ3) is 1.92. The minimum Gasteiger partial charge on any atom is -0.378 e. The van der Waals surface area contributed by atoms with Crippen LogP contribution in [0.1, 0.15) is 6.92 Å². The van der Waals surface area contributed by atoms with Crippen molar-refractivity contribution in [3.05, 3.63) is 0 Å². The smallest absolute Gasteiger partial charge is 0.166 e. The van der Waals surface area contributed by atoms with Gasteiger partial charge in [0, 0.05) is 7.11 Å².